The van der Waals surface area contributed by atoms with Gasteiger partial charge in [0.15, 0.2) is 0 Å². The highest BCUT2D eigenvalue weighted by Crippen LogP contribution is 2.29. The third-order valence-electron chi connectivity index (χ3n) is 4.43. The molecule has 1 aliphatic heterocycles. The second kappa shape index (κ2) is 8.09. The van der Waals surface area contributed by atoms with Gasteiger partial charge >= 0.3 is 0 Å². The van der Waals surface area contributed by atoms with Crippen molar-refractivity contribution in [2.24, 2.45) is 0 Å². The molecular weight excluding hydrogens is 369 g/mol. The van der Waals surface area contributed by atoms with E-state index in [0.717, 1.165) is 29.4 Å². The summed E-state index contributed by atoms with van der Waals surface area (Å²) in [6.45, 7) is 8.57. The van der Waals surface area contributed by atoms with Gasteiger partial charge < -0.3 is 14.4 Å². The fourth-order valence-electron chi connectivity index (χ4n) is 2.97. The van der Waals surface area contributed by atoms with Gasteiger partial charge in [0.05, 0.1) is 23.9 Å². The van der Waals surface area contributed by atoms with E-state index in [2.05, 4.69) is 30.7 Å². The molecule has 0 saturated carbocycles. The molecule has 0 amide bonds. The molecule has 5 nitrogen and oxygen atoms in total. The lowest BCUT2D eigenvalue weighted by atomic mass is 9.95. The zero-order valence-corrected chi connectivity index (χ0v) is 16.9. The SMILES string of the molecule is COCc1cc(N2CCOC(c3ccc(F)c(Cl)c3)C2)nc(C(C)(C)C)n1. The van der Waals surface area contributed by atoms with Crippen LogP contribution in [0.4, 0.5) is 10.2 Å². The van der Waals surface area contributed by atoms with Gasteiger partial charge in [0.1, 0.15) is 23.6 Å². The van der Waals surface area contributed by atoms with Crippen molar-refractivity contribution in [2.45, 2.75) is 38.9 Å². The topological polar surface area (TPSA) is 47.5 Å². The van der Waals surface area contributed by atoms with Crippen LogP contribution in [-0.4, -0.2) is 36.8 Å². The van der Waals surface area contributed by atoms with E-state index < -0.39 is 5.82 Å². The van der Waals surface area contributed by atoms with E-state index in [1.165, 1.54) is 6.07 Å². The molecule has 0 aliphatic carbocycles. The average Bonchev–Trinajstić information content (AvgIpc) is 2.63. The Bertz CT molecular complexity index is 810. The molecule has 1 aliphatic rings. The molecule has 1 fully saturated rings. The molecule has 0 bridgehead atoms. The standard InChI is InChI=1S/C20H25ClFN3O2/c1-20(2,3)19-23-14(12-26-4)10-18(24-19)25-7-8-27-17(11-25)13-5-6-16(22)15(21)9-13/h5-6,9-10,17H,7-8,11-12H2,1-4H3. The van der Waals surface area contributed by atoms with E-state index in [0.29, 0.717) is 19.8 Å². The molecule has 0 spiro atoms. The Morgan fingerprint density at radius 1 is 1.30 bits per heavy atom. The van der Waals surface area contributed by atoms with Crippen LogP contribution in [0.15, 0.2) is 24.3 Å². The zero-order valence-electron chi connectivity index (χ0n) is 16.1. The summed E-state index contributed by atoms with van der Waals surface area (Å²) in [5, 5.41) is 0.104. The number of anilines is 1. The first kappa shape index (κ1) is 20.0. The van der Waals surface area contributed by atoms with Crippen LogP contribution < -0.4 is 4.90 Å². The van der Waals surface area contributed by atoms with E-state index in [1.807, 2.05) is 6.07 Å². The first-order valence-corrected chi connectivity index (χ1v) is 9.34. The van der Waals surface area contributed by atoms with Crippen molar-refractivity contribution in [3.8, 4) is 0 Å². The minimum absolute atomic E-state index is 0.104. The average molecular weight is 394 g/mol. The van der Waals surface area contributed by atoms with Crippen molar-refractivity contribution >= 4 is 17.4 Å². The highest BCUT2D eigenvalue weighted by Gasteiger charge is 2.26. The number of benzene rings is 1. The largest absolute Gasteiger partial charge is 0.378 e. The summed E-state index contributed by atoms with van der Waals surface area (Å²) >= 11 is 5.93. The lowest BCUT2D eigenvalue weighted by Gasteiger charge is -2.34. The smallest absolute Gasteiger partial charge is 0.141 e. The summed E-state index contributed by atoms with van der Waals surface area (Å²) in [7, 11) is 1.65. The second-order valence-corrected chi connectivity index (χ2v) is 8.11. The van der Waals surface area contributed by atoms with Crippen molar-refractivity contribution in [2.75, 3.05) is 31.7 Å². The number of aromatic nitrogens is 2. The van der Waals surface area contributed by atoms with E-state index in [9.17, 15) is 4.39 Å². The van der Waals surface area contributed by atoms with Crippen molar-refractivity contribution in [3.05, 3.63) is 52.2 Å². The van der Waals surface area contributed by atoms with Crippen LogP contribution in [0.2, 0.25) is 5.02 Å². The lowest BCUT2D eigenvalue weighted by Crippen LogP contribution is -2.39. The van der Waals surface area contributed by atoms with Gasteiger partial charge in [0.25, 0.3) is 0 Å². The molecule has 0 radical (unpaired) electrons. The van der Waals surface area contributed by atoms with Gasteiger partial charge in [-0.1, -0.05) is 38.4 Å². The Labute approximate surface area is 164 Å². The predicted molar refractivity (Wildman–Crippen MR) is 104 cm³/mol. The van der Waals surface area contributed by atoms with Gasteiger partial charge in [-0.05, 0) is 17.7 Å². The molecule has 0 N–H and O–H groups in total. The number of ether oxygens (including phenoxy) is 2. The summed E-state index contributed by atoms with van der Waals surface area (Å²) in [5.41, 5.74) is 1.53. The monoisotopic (exact) mass is 393 g/mol. The Morgan fingerprint density at radius 3 is 2.74 bits per heavy atom. The van der Waals surface area contributed by atoms with Crippen LogP contribution in [0.1, 0.15) is 44.0 Å². The molecule has 1 aromatic carbocycles. The number of hydrogen-bond acceptors (Lipinski definition) is 5. The van der Waals surface area contributed by atoms with Crippen LogP contribution in [0.5, 0.6) is 0 Å². The number of rotatable bonds is 4. The summed E-state index contributed by atoms with van der Waals surface area (Å²) in [5.74, 6) is 1.20. The van der Waals surface area contributed by atoms with Gasteiger partial charge in [-0.15, -0.1) is 0 Å². The molecule has 3 rings (SSSR count). The maximum atomic E-state index is 13.5. The van der Waals surface area contributed by atoms with Crippen molar-refractivity contribution in [3.63, 3.8) is 0 Å². The number of methoxy groups -OCH3 is 1. The zero-order chi connectivity index (χ0) is 19.6. The fourth-order valence-corrected chi connectivity index (χ4v) is 3.16. The van der Waals surface area contributed by atoms with Crippen molar-refractivity contribution in [1.82, 2.24) is 9.97 Å². The molecule has 1 saturated heterocycles. The Balaban J connectivity index is 1.88. The number of morpholine rings is 1. The molecule has 7 heteroatoms. The molecule has 146 valence electrons. The van der Waals surface area contributed by atoms with Crippen LogP contribution in [0, 0.1) is 5.82 Å². The number of nitrogens with zero attached hydrogens (tertiary/aromatic N) is 3. The first-order valence-electron chi connectivity index (χ1n) is 8.97. The van der Waals surface area contributed by atoms with Crippen LogP contribution in [-0.2, 0) is 21.5 Å². The molecule has 1 unspecified atom stereocenters. The van der Waals surface area contributed by atoms with Gasteiger partial charge in [-0.3, -0.25) is 0 Å². The highest BCUT2D eigenvalue weighted by atomic mass is 35.5. The van der Waals surface area contributed by atoms with Gasteiger partial charge in [0.2, 0.25) is 0 Å². The molecule has 27 heavy (non-hydrogen) atoms. The number of halogens is 2. The minimum Gasteiger partial charge on any atom is -0.378 e. The second-order valence-electron chi connectivity index (χ2n) is 7.70. The molecule has 1 atom stereocenters. The fraction of sp³-hybridized carbons (Fsp3) is 0.500. The van der Waals surface area contributed by atoms with Crippen molar-refractivity contribution in [1.29, 1.82) is 0 Å². The van der Waals surface area contributed by atoms with E-state index in [-0.39, 0.29) is 16.5 Å². The van der Waals surface area contributed by atoms with Gasteiger partial charge in [-0.2, -0.15) is 0 Å². The van der Waals surface area contributed by atoms with Crippen molar-refractivity contribution < 1.29 is 13.9 Å². The molecule has 1 aromatic heterocycles. The maximum Gasteiger partial charge on any atom is 0.141 e. The first-order chi connectivity index (χ1) is 12.8. The summed E-state index contributed by atoms with van der Waals surface area (Å²) < 4.78 is 24.6. The maximum absolute atomic E-state index is 13.5. The van der Waals surface area contributed by atoms with Crippen LogP contribution in [0.25, 0.3) is 0 Å². The van der Waals surface area contributed by atoms with Gasteiger partial charge in [-0.25, -0.2) is 14.4 Å². The molecule has 2 heterocycles. The third-order valence-corrected chi connectivity index (χ3v) is 4.72. The van der Waals surface area contributed by atoms with Crippen LogP contribution in [0.3, 0.4) is 0 Å². The molecular formula is C20H25ClFN3O2. The Hall–Kier alpha value is -1.76. The Morgan fingerprint density at radius 2 is 2.07 bits per heavy atom. The van der Waals surface area contributed by atoms with E-state index in [4.69, 9.17) is 26.1 Å². The predicted octanol–water partition coefficient (Wildman–Crippen LogP) is 4.29. The lowest BCUT2D eigenvalue weighted by molar-refractivity contribution is 0.0394. The summed E-state index contributed by atoms with van der Waals surface area (Å²) in [6.07, 6.45) is -0.198. The minimum atomic E-state index is -0.428. The summed E-state index contributed by atoms with van der Waals surface area (Å²) in [6, 6.07) is 6.67. The Kier molecular flexibility index (Phi) is 5.99. The third kappa shape index (κ3) is 4.75. The van der Waals surface area contributed by atoms with E-state index >= 15 is 0 Å². The summed E-state index contributed by atoms with van der Waals surface area (Å²) in [4.78, 5) is 11.6. The van der Waals surface area contributed by atoms with Crippen LogP contribution >= 0.6 is 11.6 Å². The molecule has 2 aromatic rings. The quantitative estimate of drug-likeness (QED) is 0.775. The van der Waals surface area contributed by atoms with Gasteiger partial charge in [0, 0.05) is 31.7 Å². The normalized spacial score (nSPS) is 18.0. The van der Waals surface area contributed by atoms with E-state index in [1.54, 1.807) is 19.2 Å². The number of hydrogen-bond donors (Lipinski definition) is 0. The highest BCUT2D eigenvalue weighted by molar-refractivity contribution is 6.30.